The predicted molar refractivity (Wildman–Crippen MR) is 80.6 cm³/mol. The lowest BCUT2D eigenvalue weighted by atomic mass is 9.87. The number of rotatable bonds is 3. The molecule has 2 aromatic rings. The van der Waals surface area contributed by atoms with Gasteiger partial charge in [0.25, 0.3) is 0 Å². The summed E-state index contributed by atoms with van der Waals surface area (Å²) >= 11 is 0. The normalized spacial score (nSPS) is 13.2. The molecule has 0 atom stereocenters. The van der Waals surface area contributed by atoms with Crippen LogP contribution < -0.4 is 4.74 Å². The van der Waals surface area contributed by atoms with Crippen LogP contribution in [0.15, 0.2) is 35.5 Å². The van der Waals surface area contributed by atoms with Gasteiger partial charge in [-0.05, 0) is 48.9 Å². The highest BCUT2D eigenvalue weighted by atomic mass is 16.5. The number of ether oxygens (including phenoxy) is 1. The zero-order valence-corrected chi connectivity index (χ0v) is 11.9. The van der Waals surface area contributed by atoms with E-state index in [1.165, 1.54) is 12.0 Å². The summed E-state index contributed by atoms with van der Waals surface area (Å²) in [7, 11) is 1.59. The van der Waals surface area contributed by atoms with Gasteiger partial charge in [0.05, 0.1) is 12.8 Å². The van der Waals surface area contributed by atoms with Crippen LogP contribution in [0, 0.1) is 0 Å². The molecule has 1 aromatic carbocycles. The minimum atomic E-state index is 0.538. The van der Waals surface area contributed by atoms with Gasteiger partial charge in [0.2, 0.25) is 12.0 Å². The molecule has 4 heteroatoms. The van der Waals surface area contributed by atoms with Crippen LogP contribution in [-0.2, 0) is 17.6 Å². The molecule has 0 amide bonds. The first kappa shape index (κ1) is 13.5. The van der Waals surface area contributed by atoms with Crippen LogP contribution in [0.1, 0.15) is 24.0 Å². The lowest BCUT2D eigenvalue weighted by Crippen LogP contribution is -2.03. The number of fused-ring (bicyclic) bond motifs is 1. The predicted octanol–water partition coefficient (Wildman–Crippen LogP) is 3.60. The van der Waals surface area contributed by atoms with Gasteiger partial charge in [0.1, 0.15) is 0 Å². The van der Waals surface area contributed by atoms with Crippen LogP contribution in [0.3, 0.4) is 0 Å². The molecule has 1 heterocycles. The highest BCUT2D eigenvalue weighted by Gasteiger charge is 2.19. The molecule has 3 rings (SSSR count). The Balaban J connectivity index is 2.25. The third kappa shape index (κ3) is 2.46. The summed E-state index contributed by atoms with van der Waals surface area (Å²) in [6, 6.07) is 7.91. The number of aromatic nitrogens is 1. The van der Waals surface area contributed by atoms with E-state index < -0.39 is 0 Å². The summed E-state index contributed by atoms with van der Waals surface area (Å²) in [4.78, 5) is 19.1. The van der Waals surface area contributed by atoms with Crippen molar-refractivity contribution in [1.82, 2.24) is 4.98 Å². The number of hydrogen-bond donors (Lipinski definition) is 0. The Morgan fingerprint density at radius 3 is 2.86 bits per heavy atom. The van der Waals surface area contributed by atoms with Crippen LogP contribution in [0.4, 0.5) is 5.69 Å². The van der Waals surface area contributed by atoms with Gasteiger partial charge >= 0.3 is 0 Å². The van der Waals surface area contributed by atoms with Gasteiger partial charge in [-0.2, -0.15) is 4.99 Å². The molecule has 0 spiro atoms. The van der Waals surface area contributed by atoms with Gasteiger partial charge in [-0.1, -0.05) is 12.1 Å². The summed E-state index contributed by atoms with van der Waals surface area (Å²) in [6.45, 7) is 0. The zero-order valence-electron chi connectivity index (χ0n) is 11.9. The molecular weight excluding hydrogens is 264 g/mol. The minimum Gasteiger partial charge on any atom is -0.481 e. The average Bonchev–Trinajstić information content (AvgIpc) is 2.55. The smallest absolute Gasteiger partial charge is 0.240 e. The second kappa shape index (κ2) is 5.90. The fourth-order valence-electron chi connectivity index (χ4n) is 2.96. The van der Waals surface area contributed by atoms with E-state index >= 15 is 0 Å². The van der Waals surface area contributed by atoms with Crippen LogP contribution in [-0.4, -0.2) is 18.2 Å². The van der Waals surface area contributed by atoms with Gasteiger partial charge < -0.3 is 4.74 Å². The van der Waals surface area contributed by atoms with E-state index in [4.69, 9.17) is 4.74 Å². The quantitative estimate of drug-likeness (QED) is 0.637. The maximum absolute atomic E-state index is 10.9. The molecule has 0 N–H and O–H groups in total. The van der Waals surface area contributed by atoms with E-state index in [1.54, 1.807) is 19.4 Å². The molecule has 106 valence electrons. The summed E-state index contributed by atoms with van der Waals surface area (Å²) in [5.74, 6) is 0.538. The van der Waals surface area contributed by atoms with Gasteiger partial charge in [0, 0.05) is 17.3 Å². The van der Waals surface area contributed by atoms with Crippen LogP contribution in [0.25, 0.3) is 11.1 Å². The highest BCUT2D eigenvalue weighted by Crippen LogP contribution is 2.40. The van der Waals surface area contributed by atoms with E-state index in [9.17, 15) is 4.79 Å². The Kier molecular flexibility index (Phi) is 3.80. The van der Waals surface area contributed by atoms with Crippen molar-refractivity contribution >= 4 is 11.8 Å². The summed E-state index contributed by atoms with van der Waals surface area (Å²) in [5, 5.41) is 0. The molecule has 1 aromatic heterocycles. The first-order valence-corrected chi connectivity index (χ1v) is 7.07. The minimum absolute atomic E-state index is 0.538. The number of hydrogen-bond acceptors (Lipinski definition) is 4. The van der Waals surface area contributed by atoms with Crippen molar-refractivity contribution in [3.63, 3.8) is 0 Å². The fraction of sp³-hybridized carbons (Fsp3) is 0.294. The third-order valence-corrected chi connectivity index (χ3v) is 3.91. The number of benzene rings is 1. The lowest BCUT2D eigenvalue weighted by Gasteiger charge is -2.20. The fourth-order valence-corrected chi connectivity index (χ4v) is 2.96. The second-order valence-corrected chi connectivity index (χ2v) is 5.07. The molecule has 0 saturated carbocycles. The Morgan fingerprint density at radius 2 is 2.05 bits per heavy atom. The largest absolute Gasteiger partial charge is 0.481 e. The zero-order chi connectivity index (χ0) is 14.7. The molecule has 0 bridgehead atoms. The maximum Gasteiger partial charge on any atom is 0.240 e. The van der Waals surface area contributed by atoms with Gasteiger partial charge in [-0.3, -0.25) is 0 Å². The molecule has 0 unspecified atom stereocenters. The molecule has 0 saturated heterocycles. The van der Waals surface area contributed by atoms with Crippen molar-refractivity contribution < 1.29 is 9.53 Å². The number of nitrogens with zero attached hydrogens (tertiary/aromatic N) is 2. The van der Waals surface area contributed by atoms with Crippen LogP contribution in [0.2, 0.25) is 0 Å². The second-order valence-electron chi connectivity index (χ2n) is 5.07. The van der Waals surface area contributed by atoms with Crippen molar-refractivity contribution in [2.45, 2.75) is 25.7 Å². The van der Waals surface area contributed by atoms with E-state index in [-0.39, 0.29) is 0 Å². The maximum atomic E-state index is 10.9. The number of isocyanates is 1. The summed E-state index contributed by atoms with van der Waals surface area (Å²) < 4.78 is 5.33. The van der Waals surface area contributed by atoms with Crippen molar-refractivity contribution in [3.05, 3.63) is 41.6 Å². The number of methoxy groups -OCH3 is 1. The van der Waals surface area contributed by atoms with E-state index in [0.717, 1.165) is 36.0 Å². The van der Waals surface area contributed by atoms with Crippen LogP contribution in [0.5, 0.6) is 5.88 Å². The Labute approximate surface area is 123 Å². The average molecular weight is 280 g/mol. The van der Waals surface area contributed by atoms with Gasteiger partial charge in [-0.25, -0.2) is 9.78 Å². The van der Waals surface area contributed by atoms with Crippen LogP contribution >= 0.6 is 0 Å². The summed E-state index contributed by atoms with van der Waals surface area (Å²) in [5.41, 5.74) is 4.88. The number of pyridine rings is 1. The van der Waals surface area contributed by atoms with Crippen molar-refractivity contribution in [2.75, 3.05) is 7.11 Å². The molecule has 1 aliphatic carbocycles. The number of aliphatic imine (C=N–C) groups is 1. The Bertz CT molecular complexity index is 719. The van der Waals surface area contributed by atoms with Crippen molar-refractivity contribution in [1.29, 1.82) is 0 Å². The topological polar surface area (TPSA) is 51.6 Å². The standard InChI is InChI=1S/C17H16N2O2/c1-21-17-15(7-4-10-18-17)14-9-8-12-5-2-3-6-13(12)16(14)19-11-20/h4,7-10H,2-3,5-6H2,1H3. The monoisotopic (exact) mass is 280 g/mol. The third-order valence-electron chi connectivity index (χ3n) is 3.91. The van der Waals surface area contributed by atoms with E-state index in [2.05, 4.69) is 16.0 Å². The molecule has 0 radical (unpaired) electrons. The lowest BCUT2D eigenvalue weighted by molar-refractivity contribution is 0.399. The number of aryl methyl sites for hydroxylation is 1. The van der Waals surface area contributed by atoms with Crippen molar-refractivity contribution in [3.8, 4) is 17.0 Å². The van der Waals surface area contributed by atoms with E-state index in [0.29, 0.717) is 11.6 Å². The van der Waals surface area contributed by atoms with Gasteiger partial charge in [0.15, 0.2) is 0 Å². The first-order chi connectivity index (χ1) is 10.3. The SMILES string of the molecule is COc1ncccc1-c1ccc2c(c1N=C=O)CCCC2. The molecule has 4 nitrogen and oxygen atoms in total. The van der Waals surface area contributed by atoms with E-state index in [1.807, 2.05) is 18.2 Å². The molecular formula is C17H16N2O2. The molecule has 0 aliphatic heterocycles. The molecule has 1 aliphatic rings. The highest BCUT2D eigenvalue weighted by molar-refractivity contribution is 5.83. The Hall–Kier alpha value is -2.45. The molecule has 21 heavy (non-hydrogen) atoms. The number of carbonyl (C=O) groups excluding carboxylic acids is 1. The molecule has 0 fully saturated rings. The van der Waals surface area contributed by atoms with Crippen molar-refractivity contribution in [2.24, 2.45) is 4.99 Å². The summed E-state index contributed by atoms with van der Waals surface area (Å²) in [6.07, 6.45) is 7.69. The van der Waals surface area contributed by atoms with Gasteiger partial charge in [-0.15, -0.1) is 0 Å². The Morgan fingerprint density at radius 1 is 1.19 bits per heavy atom. The first-order valence-electron chi connectivity index (χ1n) is 7.07.